The predicted octanol–water partition coefficient (Wildman–Crippen LogP) is 3.93. The molecular formula is C24H26N6O2S. The Morgan fingerprint density at radius 2 is 2.00 bits per heavy atom. The Morgan fingerprint density at radius 1 is 1.15 bits per heavy atom. The Labute approximate surface area is 196 Å². The van der Waals surface area contributed by atoms with E-state index in [9.17, 15) is 9.59 Å². The minimum Gasteiger partial charge on any atom is -0.351 e. The number of carbonyl (C=O) groups is 2. The normalized spacial score (nSPS) is 11.2. The lowest BCUT2D eigenvalue weighted by molar-refractivity contribution is 0.0947. The minimum atomic E-state index is -0.237. The summed E-state index contributed by atoms with van der Waals surface area (Å²) in [5, 5.41) is 9.50. The van der Waals surface area contributed by atoms with Gasteiger partial charge in [-0.15, -0.1) is 11.3 Å². The molecule has 33 heavy (non-hydrogen) atoms. The highest BCUT2D eigenvalue weighted by Gasteiger charge is 2.13. The van der Waals surface area contributed by atoms with Gasteiger partial charge in [-0.3, -0.25) is 9.59 Å². The number of H-pyrrole nitrogens is 1. The Hall–Kier alpha value is -3.56. The second kappa shape index (κ2) is 9.93. The largest absolute Gasteiger partial charge is 0.351 e. The highest BCUT2D eigenvalue weighted by Crippen LogP contribution is 2.23. The van der Waals surface area contributed by atoms with Crippen LogP contribution in [0, 0.1) is 6.92 Å². The zero-order valence-electron chi connectivity index (χ0n) is 18.8. The fourth-order valence-electron chi connectivity index (χ4n) is 3.42. The number of hydrogen-bond acceptors (Lipinski definition) is 6. The summed E-state index contributed by atoms with van der Waals surface area (Å²) in [6.07, 6.45) is 2.44. The van der Waals surface area contributed by atoms with E-state index in [0.717, 1.165) is 34.6 Å². The summed E-state index contributed by atoms with van der Waals surface area (Å²) < 4.78 is 0. The minimum absolute atomic E-state index is 0.175. The summed E-state index contributed by atoms with van der Waals surface area (Å²) in [7, 11) is 4.00. The van der Waals surface area contributed by atoms with Crippen molar-refractivity contribution in [3.63, 3.8) is 0 Å². The molecule has 0 fully saturated rings. The number of benzene rings is 1. The molecule has 0 atom stereocenters. The highest BCUT2D eigenvalue weighted by molar-refractivity contribution is 7.09. The van der Waals surface area contributed by atoms with Crippen LogP contribution in [0.3, 0.4) is 0 Å². The number of carbonyl (C=O) groups excluding carboxylic acids is 2. The lowest BCUT2D eigenvalue weighted by Gasteiger charge is -2.09. The number of pyridine rings is 1. The molecule has 3 N–H and O–H groups in total. The molecule has 0 aliphatic carbocycles. The Kier molecular flexibility index (Phi) is 6.81. The Balaban J connectivity index is 1.44. The van der Waals surface area contributed by atoms with Gasteiger partial charge in [-0.2, -0.15) is 0 Å². The van der Waals surface area contributed by atoms with Crippen molar-refractivity contribution in [1.29, 1.82) is 0 Å². The molecule has 0 unspecified atom stereocenters. The average molecular weight is 463 g/mol. The molecule has 3 heterocycles. The van der Waals surface area contributed by atoms with E-state index >= 15 is 0 Å². The number of aromatic nitrogens is 3. The lowest BCUT2D eigenvalue weighted by Crippen LogP contribution is -2.27. The number of aromatic amines is 1. The maximum absolute atomic E-state index is 12.8. The standard InChI is InChI=1S/C24H26N6O2S/c1-15-27-21(14-33-15)16-6-4-7-17(10-16)23(31)28-19-11-18-12-20(29-22(18)26-13-19)24(32)25-8-5-9-30(2)3/h4,6-7,10-14H,5,8-9H2,1-3H3,(H,25,32)(H,26,29)(H,28,31). The molecule has 0 radical (unpaired) electrons. The number of anilines is 1. The van der Waals surface area contributed by atoms with Crippen molar-refractivity contribution < 1.29 is 9.59 Å². The number of rotatable bonds is 8. The first kappa shape index (κ1) is 22.6. The number of fused-ring (bicyclic) bond motifs is 1. The predicted molar refractivity (Wildman–Crippen MR) is 132 cm³/mol. The molecule has 170 valence electrons. The van der Waals surface area contributed by atoms with Crippen LogP contribution < -0.4 is 10.6 Å². The van der Waals surface area contributed by atoms with E-state index in [2.05, 4.69) is 30.5 Å². The smallest absolute Gasteiger partial charge is 0.267 e. The Morgan fingerprint density at radius 3 is 2.76 bits per heavy atom. The van der Waals surface area contributed by atoms with Crippen molar-refractivity contribution in [2.75, 3.05) is 32.5 Å². The van der Waals surface area contributed by atoms with E-state index in [4.69, 9.17) is 0 Å². The average Bonchev–Trinajstić information content (AvgIpc) is 3.42. The van der Waals surface area contributed by atoms with Crippen LogP contribution in [0.2, 0.25) is 0 Å². The fraction of sp³-hybridized carbons (Fsp3) is 0.250. The summed E-state index contributed by atoms with van der Waals surface area (Å²) >= 11 is 1.57. The first-order chi connectivity index (χ1) is 15.9. The number of nitrogens with zero attached hydrogens (tertiary/aromatic N) is 3. The van der Waals surface area contributed by atoms with Gasteiger partial charge in [0.15, 0.2) is 0 Å². The topological polar surface area (TPSA) is 103 Å². The van der Waals surface area contributed by atoms with E-state index in [-0.39, 0.29) is 11.8 Å². The number of aryl methyl sites for hydroxylation is 1. The summed E-state index contributed by atoms with van der Waals surface area (Å²) in [5.74, 6) is -0.411. The number of amides is 2. The molecule has 1 aromatic carbocycles. The maximum atomic E-state index is 12.8. The van der Waals surface area contributed by atoms with Crippen molar-refractivity contribution >= 4 is 39.9 Å². The molecule has 0 bridgehead atoms. The zero-order chi connectivity index (χ0) is 23.4. The van der Waals surface area contributed by atoms with Gasteiger partial charge in [0.1, 0.15) is 11.3 Å². The van der Waals surface area contributed by atoms with Gasteiger partial charge in [-0.1, -0.05) is 12.1 Å². The van der Waals surface area contributed by atoms with Crippen LogP contribution in [0.5, 0.6) is 0 Å². The van der Waals surface area contributed by atoms with Gasteiger partial charge in [0, 0.05) is 28.4 Å². The quantitative estimate of drug-likeness (QED) is 0.344. The highest BCUT2D eigenvalue weighted by atomic mass is 32.1. The van der Waals surface area contributed by atoms with Gasteiger partial charge < -0.3 is 20.5 Å². The number of hydrogen-bond donors (Lipinski definition) is 3. The van der Waals surface area contributed by atoms with Crippen molar-refractivity contribution in [1.82, 2.24) is 25.2 Å². The molecule has 0 saturated carbocycles. The van der Waals surface area contributed by atoms with Crippen LogP contribution in [0.15, 0.2) is 48.0 Å². The molecule has 0 saturated heterocycles. The van der Waals surface area contributed by atoms with Gasteiger partial charge in [0.25, 0.3) is 11.8 Å². The lowest BCUT2D eigenvalue weighted by atomic mass is 10.1. The van der Waals surface area contributed by atoms with Crippen LogP contribution in [0.1, 0.15) is 32.3 Å². The molecule has 0 aliphatic heterocycles. The molecule has 2 amide bonds. The van der Waals surface area contributed by atoms with E-state index in [0.29, 0.717) is 29.1 Å². The summed E-state index contributed by atoms with van der Waals surface area (Å²) in [4.78, 5) is 39.2. The summed E-state index contributed by atoms with van der Waals surface area (Å²) in [6, 6.07) is 10.9. The second-order valence-electron chi connectivity index (χ2n) is 8.04. The molecule has 9 heteroatoms. The molecule has 0 spiro atoms. The van der Waals surface area contributed by atoms with Crippen LogP contribution in [-0.2, 0) is 0 Å². The van der Waals surface area contributed by atoms with Crippen molar-refractivity contribution in [2.45, 2.75) is 13.3 Å². The zero-order valence-corrected chi connectivity index (χ0v) is 19.6. The Bertz CT molecular complexity index is 1290. The van der Waals surface area contributed by atoms with Gasteiger partial charge >= 0.3 is 0 Å². The van der Waals surface area contributed by atoms with Crippen molar-refractivity contribution in [3.05, 3.63) is 64.2 Å². The van der Waals surface area contributed by atoms with Gasteiger partial charge in [0.05, 0.1) is 22.6 Å². The molecule has 0 aliphatic rings. The van der Waals surface area contributed by atoms with Crippen LogP contribution in [-0.4, -0.2) is 58.9 Å². The van der Waals surface area contributed by atoms with E-state index in [1.165, 1.54) is 0 Å². The molecule has 3 aromatic heterocycles. The second-order valence-corrected chi connectivity index (χ2v) is 9.11. The van der Waals surface area contributed by atoms with E-state index in [1.807, 2.05) is 44.6 Å². The van der Waals surface area contributed by atoms with E-state index in [1.54, 1.807) is 35.7 Å². The van der Waals surface area contributed by atoms with Gasteiger partial charge in [0.2, 0.25) is 0 Å². The van der Waals surface area contributed by atoms with Crippen LogP contribution in [0.4, 0.5) is 5.69 Å². The third kappa shape index (κ3) is 5.63. The molecular weight excluding hydrogens is 436 g/mol. The SMILES string of the molecule is Cc1nc(-c2cccc(C(=O)Nc3cnc4[nH]c(C(=O)NCCCN(C)C)cc4c3)c2)cs1. The monoisotopic (exact) mass is 462 g/mol. The molecule has 4 aromatic rings. The van der Waals surface area contributed by atoms with Crippen LogP contribution >= 0.6 is 11.3 Å². The van der Waals surface area contributed by atoms with Crippen molar-refractivity contribution in [3.8, 4) is 11.3 Å². The fourth-order valence-corrected chi connectivity index (χ4v) is 4.04. The molecule has 4 rings (SSSR count). The van der Waals surface area contributed by atoms with Gasteiger partial charge in [-0.25, -0.2) is 9.97 Å². The maximum Gasteiger partial charge on any atom is 0.267 e. The van der Waals surface area contributed by atoms with Crippen molar-refractivity contribution in [2.24, 2.45) is 0 Å². The molecule has 8 nitrogen and oxygen atoms in total. The third-order valence-electron chi connectivity index (χ3n) is 5.08. The number of nitrogens with one attached hydrogen (secondary N) is 3. The van der Waals surface area contributed by atoms with Gasteiger partial charge in [-0.05, 0) is 58.3 Å². The summed E-state index contributed by atoms with van der Waals surface area (Å²) in [6.45, 7) is 3.46. The third-order valence-corrected chi connectivity index (χ3v) is 5.85. The number of thiazole rings is 1. The first-order valence-corrected chi connectivity index (χ1v) is 11.5. The van der Waals surface area contributed by atoms with E-state index < -0.39 is 0 Å². The summed E-state index contributed by atoms with van der Waals surface area (Å²) in [5.41, 5.74) is 3.87. The first-order valence-electron chi connectivity index (χ1n) is 10.6. The van der Waals surface area contributed by atoms with Crippen LogP contribution in [0.25, 0.3) is 22.3 Å².